The van der Waals surface area contributed by atoms with Crippen molar-refractivity contribution < 1.29 is 42.1 Å². The van der Waals surface area contributed by atoms with Crippen LogP contribution >= 0.6 is 7.82 Å². The summed E-state index contributed by atoms with van der Waals surface area (Å²) in [6.45, 7) is 4.37. The summed E-state index contributed by atoms with van der Waals surface area (Å²) in [7, 11) is 1.47. The fraction of sp³-hybridized carbons (Fsp3) is 0.854. The number of hydrogen-bond donors (Lipinski definition) is 1. The Kier molecular flexibility index (Phi) is 33.3. The molecule has 0 rings (SSSR count). The number of likely N-dealkylation sites (N-methyl/N-ethyl adjacent to an activating group) is 1. The van der Waals surface area contributed by atoms with Crippen LogP contribution in [0.3, 0.4) is 0 Å². The SMILES string of the molecule is CCCCC/C=C/CCCCCCCC(=O)OC[C@H](COP(=O)(O)OCC[N+](C)(C)C)OC(=O)CCCCCCC/C=C/CCCCCCCC. The summed E-state index contributed by atoms with van der Waals surface area (Å²) in [6, 6.07) is 0. The average Bonchev–Trinajstić information content (AvgIpc) is 3.07. The lowest BCUT2D eigenvalue weighted by Crippen LogP contribution is -2.37. The lowest BCUT2D eigenvalue weighted by Gasteiger charge is -2.24. The zero-order valence-corrected chi connectivity index (χ0v) is 34.5. The molecule has 51 heavy (non-hydrogen) atoms. The number of hydrogen-bond acceptors (Lipinski definition) is 7. The van der Waals surface area contributed by atoms with Gasteiger partial charge in [0.2, 0.25) is 0 Å². The van der Waals surface area contributed by atoms with Gasteiger partial charge in [-0.15, -0.1) is 0 Å². The standard InChI is InChI=1S/C41H78NO8P/c1-6-8-10-12-14-16-18-20-21-22-24-26-28-30-32-34-41(44)50-39(38-49-51(45,46)48-36-35-42(3,4)5)37-47-40(43)33-31-29-27-25-23-19-17-15-13-11-9-7-2/h15,17,20-21,39H,6-14,16,18-19,22-38H2,1-5H3/p+1/b17-15+,21-20+/t39-/m1/s1. The first kappa shape index (κ1) is 49.5. The van der Waals surface area contributed by atoms with Crippen molar-refractivity contribution in [1.29, 1.82) is 0 Å². The van der Waals surface area contributed by atoms with E-state index in [0.717, 1.165) is 70.6 Å². The molecular formula is C41H79NO8P+. The third-order valence-corrected chi connectivity index (χ3v) is 9.69. The van der Waals surface area contributed by atoms with Crippen molar-refractivity contribution in [1.82, 2.24) is 0 Å². The molecule has 0 spiro atoms. The number of rotatable bonds is 37. The number of phosphoric acid groups is 1. The van der Waals surface area contributed by atoms with Crippen molar-refractivity contribution in [2.75, 3.05) is 47.5 Å². The van der Waals surface area contributed by atoms with Gasteiger partial charge >= 0.3 is 19.8 Å². The molecule has 0 saturated carbocycles. The monoisotopic (exact) mass is 745 g/mol. The topological polar surface area (TPSA) is 108 Å². The van der Waals surface area contributed by atoms with Crippen molar-refractivity contribution in [3.05, 3.63) is 24.3 Å². The molecule has 0 bridgehead atoms. The molecular weight excluding hydrogens is 665 g/mol. The largest absolute Gasteiger partial charge is 0.472 e. The Morgan fingerprint density at radius 3 is 1.49 bits per heavy atom. The van der Waals surface area contributed by atoms with Crippen molar-refractivity contribution in [2.24, 2.45) is 0 Å². The molecule has 0 radical (unpaired) electrons. The number of nitrogens with zero attached hydrogens (tertiary/aromatic N) is 1. The molecule has 0 aliphatic heterocycles. The molecule has 300 valence electrons. The number of carbonyl (C=O) groups is 2. The van der Waals surface area contributed by atoms with Crippen molar-refractivity contribution in [3.63, 3.8) is 0 Å². The molecule has 0 saturated heterocycles. The molecule has 1 N–H and O–H groups in total. The second-order valence-electron chi connectivity index (χ2n) is 15.0. The Hall–Kier alpha value is -1.51. The van der Waals surface area contributed by atoms with Gasteiger partial charge in [-0.2, -0.15) is 0 Å². The van der Waals surface area contributed by atoms with E-state index in [9.17, 15) is 19.0 Å². The lowest BCUT2D eigenvalue weighted by molar-refractivity contribution is -0.870. The van der Waals surface area contributed by atoms with Gasteiger partial charge in [-0.3, -0.25) is 18.6 Å². The summed E-state index contributed by atoms with van der Waals surface area (Å²) in [6.07, 6.45) is 35.0. The first-order valence-corrected chi connectivity index (χ1v) is 22.1. The average molecular weight is 745 g/mol. The fourth-order valence-corrected chi connectivity index (χ4v) is 6.16. The van der Waals surface area contributed by atoms with Crippen LogP contribution in [0, 0.1) is 0 Å². The number of ether oxygens (including phenoxy) is 2. The lowest BCUT2D eigenvalue weighted by atomic mass is 10.1. The summed E-state index contributed by atoms with van der Waals surface area (Å²) in [5.41, 5.74) is 0. The Balaban J connectivity index is 4.42. The van der Waals surface area contributed by atoms with E-state index < -0.39 is 26.5 Å². The molecule has 0 aromatic heterocycles. The maximum absolute atomic E-state index is 12.6. The summed E-state index contributed by atoms with van der Waals surface area (Å²) in [5.74, 6) is -0.818. The van der Waals surface area contributed by atoms with Crippen LogP contribution in [0.15, 0.2) is 24.3 Å². The predicted octanol–water partition coefficient (Wildman–Crippen LogP) is 11.2. The van der Waals surface area contributed by atoms with Gasteiger partial charge in [-0.1, -0.05) is 122 Å². The predicted molar refractivity (Wildman–Crippen MR) is 211 cm³/mol. The second kappa shape index (κ2) is 34.3. The Morgan fingerprint density at radius 2 is 1.00 bits per heavy atom. The number of esters is 2. The maximum Gasteiger partial charge on any atom is 0.472 e. The zero-order chi connectivity index (χ0) is 37.9. The van der Waals surface area contributed by atoms with Crippen LogP contribution in [0.5, 0.6) is 0 Å². The molecule has 0 aromatic carbocycles. The Morgan fingerprint density at radius 1 is 0.588 bits per heavy atom. The fourth-order valence-electron chi connectivity index (χ4n) is 5.41. The number of quaternary nitrogens is 1. The van der Waals surface area contributed by atoms with E-state index in [-0.39, 0.29) is 32.0 Å². The third kappa shape index (κ3) is 38.0. The summed E-state index contributed by atoms with van der Waals surface area (Å²) >= 11 is 0. The highest BCUT2D eigenvalue weighted by molar-refractivity contribution is 7.47. The van der Waals surface area contributed by atoms with Crippen LogP contribution in [0.2, 0.25) is 0 Å². The molecule has 0 heterocycles. The van der Waals surface area contributed by atoms with Gasteiger partial charge in [0.1, 0.15) is 19.8 Å². The minimum absolute atomic E-state index is 0.0297. The molecule has 2 atom stereocenters. The van der Waals surface area contributed by atoms with Crippen LogP contribution in [0.4, 0.5) is 0 Å². The molecule has 0 aliphatic carbocycles. The minimum Gasteiger partial charge on any atom is -0.462 e. The quantitative estimate of drug-likeness (QED) is 0.0220. The van der Waals surface area contributed by atoms with E-state index in [1.165, 1.54) is 70.6 Å². The van der Waals surface area contributed by atoms with Gasteiger partial charge in [-0.25, -0.2) is 4.57 Å². The van der Waals surface area contributed by atoms with Crippen LogP contribution in [-0.4, -0.2) is 74.9 Å². The van der Waals surface area contributed by atoms with Gasteiger partial charge in [0.25, 0.3) is 0 Å². The molecule has 9 nitrogen and oxygen atoms in total. The molecule has 0 aliphatic rings. The molecule has 1 unspecified atom stereocenters. The first-order valence-electron chi connectivity index (χ1n) is 20.6. The van der Waals surface area contributed by atoms with Gasteiger partial charge < -0.3 is 18.9 Å². The molecule has 10 heteroatoms. The third-order valence-electron chi connectivity index (χ3n) is 8.70. The Bertz CT molecular complexity index is 933. The number of unbranched alkanes of at least 4 members (excludes halogenated alkanes) is 19. The highest BCUT2D eigenvalue weighted by Crippen LogP contribution is 2.43. The smallest absolute Gasteiger partial charge is 0.462 e. The van der Waals surface area contributed by atoms with Crippen LogP contribution in [-0.2, 0) is 32.7 Å². The first-order chi connectivity index (χ1) is 24.5. The molecule has 0 fully saturated rings. The normalized spacial score (nSPS) is 13.9. The minimum atomic E-state index is -4.37. The van der Waals surface area contributed by atoms with Crippen LogP contribution < -0.4 is 0 Å². The summed E-state index contributed by atoms with van der Waals surface area (Å²) < 4.78 is 34.2. The number of carbonyl (C=O) groups excluding carboxylic acids is 2. The van der Waals surface area contributed by atoms with E-state index in [1.54, 1.807) is 0 Å². The highest BCUT2D eigenvalue weighted by atomic mass is 31.2. The zero-order valence-electron chi connectivity index (χ0n) is 33.6. The highest BCUT2D eigenvalue weighted by Gasteiger charge is 2.27. The van der Waals surface area contributed by atoms with Crippen LogP contribution in [0.1, 0.15) is 174 Å². The Labute approximate surface area is 313 Å². The van der Waals surface area contributed by atoms with E-state index in [1.807, 2.05) is 21.1 Å². The second-order valence-corrected chi connectivity index (χ2v) is 16.5. The van der Waals surface area contributed by atoms with Gasteiger partial charge in [-0.05, 0) is 64.2 Å². The van der Waals surface area contributed by atoms with Crippen molar-refractivity contribution in [2.45, 2.75) is 180 Å². The number of allylic oxidation sites excluding steroid dienone is 4. The van der Waals surface area contributed by atoms with E-state index in [0.29, 0.717) is 17.4 Å². The summed E-state index contributed by atoms with van der Waals surface area (Å²) in [4.78, 5) is 35.2. The summed E-state index contributed by atoms with van der Waals surface area (Å²) in [5, 5.41) is 0. The van der Waals surface area contributed by atoms with Gasteiger partial charge in [0.15, 0.2) is 6.10 Å². The van der Waals surface area contributed by atoms with Gasteiger partial charge in [0.05, 0.1) is 27.7 Å². The van der Waals surface area contributed by atoms with E-state index in [2.05, 4.69) is 38.2 Å². The maximum atomic E-state index is 12.6. The van der Waals surface area contributed by atoms with Crippen LogP contribution in [0.25, 0.3) is 0 Å². The van der Waals surface area contributed by atoms with E-state index >= 15 is 0 Å². The van der Waals surface area contributed by atoms with E-state index in [4.69, 9.17) is 18.5 Å². The van der Waals surface area contributed by atoms with Gasteiger partial charge in [0, 0.05) is 12.8 Å². The van der Waals surface area contributed by atoms with Crippen molar-refractivity contribution in [3.8, 4) is 0 Å². The number of phosphoric ester groups is 1. The molecule has 0 amide bonds. The van der Waals surface area contributed by atoms with Crippen molar-refractivity contribution >= 4 is 19.8 Å². The molecule has 0 aromatic rings.